The van der Waals surface area contributed by atoms with Gasteiger partial charge in [-0.05, 0) is 42.0 Å². The summed E-state index contributed by atoms with van der Waals surface area (Å²) in [7, 11) is 0. The van der Waals surface area contributed by atoms with Crippen LogP contribution >= 0.6 is 0 Å². The van der Waals surface area contributed by atoms with Gasteiger partial charge in [0.2, 0.25) is 0 Å². The Kier molecular flexibility index (Phi) is 3.22. The van der Waals surface area contributed by atoms with Gasteiger partial charge in [0.05, 0.1) is 11.6 Å². The van der Waals surface area contributed by atoms with Crippen LogP contribution < -0.4 is 5.32 Å². The molecule has 0 aromatic heterocycles. The van der Waals surface area contributed by atoms with Crippen LogP contribution in [0.2, 0.25) is 0 Å². The molecule has 0 spiro atoms. The average Bonchev–Trinajstić information content (AvgIpc) is 3.05. The number of carboxylic acids is 1. The highest BCUT2D eigenvalue weighted by molar-refractivity contribution is 5.93. The smallest absolute Gasteiger partial charge is 0.336 e. The minimum atomic E-state index is -0.847. The first-order valence-electron chi connectivity index (χ1n) is 8.01. The van der Waals surface area contributed by atoms with Gasteiger partial charge < -0.3 is 10.4 Å². The van der Waals surface area contributed by atoms with Gasteiger partial charge in [-0.15, -0.1) is 0 Å². The van der Waals surface area contributed by atoms with Crippen LogP contribution in [0.5, 0.6) is 0 Å². The van der Waals surface area contributed by atoms with Gasteiger partial charge in [0.1, 0.15) is 0 Å². The molecule has 3 atom stereocenters. The first kappa shape index (κ1) is 14.1. The second kappa shape index (κ2) is 5.27. The van der Waals surface area contributed by atoms with Crippen molar-refractivity contribution in [3.63, 3.8) is 0 Å². The van der Waals surface area contributed by atoms with Gasteiger partial charge in [-0.3, -0.25) is 0 Å². The lowest BCUT2D eigenvalue weighted by molar-refractivity contribution is 0.0695. The molecule has 2 aromatic carbocycles. The van der Waals surface area contributed by atoms with E-state index in [1.54, 1.807) is 6.07 Å². The highest BCUT2D eigenvalue weighted by Crippen LogP contribution is 2.51. The first-order chi connectivity index (χ1) is 11.2. The van der Waals surface area contributed by atoms with Crippen LogP contribution in [0.4, 0.5) is 5.69 Å². The quantitative estimate of drug-likeness (QED) is 0.802. The number of nitrogens with one attached hydrogen (secondary N) is 1. The Morgan fingerprint density at radius 2 is 1.96 bits per heavy atom. The minimum absolute atomic E-state index is 0.169. The third kappa shape index (κ3) is 2.15. The van der Waals surface area contributed by atoms with Gasteiger partial charge in [0.15, 0.2) is 0 Å². The maximum absolute atomic E-state index is 11.7. The van der Waals surface area contributed by atoms with Crippen molar-refractivity contribution in [3.8, 4) is 0 Å². The Labute approximate surface area is 135 Å². The monoisotopic (exact) mass is 305 g/mol. The predicted octanol–water partition coefficient (Wildman–Crippen LogP) is 4.52. The number of fused-ring (bicyclic) bond motifs is 3. The number of hydrogen-bond donors (Lipinski definition) is 2. The Morgan fingerprint density at radius 1 is 1.17 bits per heavy atom. The third-order valence-corrected chi connectivity index (χ3v) is 5.12. The van der Waals surface area contributed by atoms with Gasteiger partial charge in [-0.2, -0.15) is 0 Å². The van der Waals surface area contributed by atoms with Gasteiger partial charge in [0.25, 0.3) is 0 Å². The highest BCUT2D eigenvalue weighted by atomic mass is 16.4. The number of benzene rings is 2. The van der Waals surface area contributed by atoms with E-state index < -0.39 is 5.97 Å². The van der Waals surface area contributed by atoms with E-state index in [0.717, 1.165) is 23.2 Å². The zero-order valence-electron chi connectivity index (χ0n) is 13.0. The van der Waals surface area contributed by atoms with Crippen LogP contribution in [0.15, 0.2) is 54.6 Å². The summed E-state index contributed by atoms with van der Waals surface area (Å²) in [4.78, 5) is 11.7. The second-order valence-electron chi connectivity index (χ2n) is 6.41. The first-order valence-corrected chi connectivity index (χ1v) is 8.01. The lowest BCUT2D eigenvalue weighted by atomic mass is 9.75. The molecule has 3 nitrogen and oxygen atoms in total. The van der Waals surface area contributed by atoms with E-state index in [-0.39, 0.29) is 12.0 Å². The molecule has 0 unspecified atom stereocenters. The number of carboxylic acid groups (broad SMARTS) is 1. The van der Waals surface area contributed by atoms with Crippen LogP contribution in [0.1, 0.15) is 45.4 Å². The molecule has 1 aliphatic carbocycles. The molecule has 1 heterocycles. The number of carbonyl (C=O) groups is 1. The SMILES string of the molecule is Cc1ccc(C(=O)O)c2c1N[C@H](c1ccccc1)[C@@H]1CC=C[C@@H]21. The summed E-state index contributed by atoms with van der Waals surface area (Å²) in [5, 5.41) is 13.2. The van der Waals surface area contributed by atoms with Crippen molar-refractivity contribution in [1.82, 2.24) is 0 Å². The molecule has 0 bridgehead atoms. The number of aromatic carboxylic acids is 1. The number of anilines is 1. The maximum atomic E-state index is 11.7. The van der Waals surface area contributed by atoms with Crippen molar-refractivity contribution in [2.24, 2.45) is 5.92 Å². The van der Waals surface area contributed by atoms with Gasteiger partial charge >= 0.3 is 5.97 Å². The molecule has 1 aliphatic heterocycles. The molecule has 0 fully saturated rings. The predicted molar refractivity (Wildman–Crippen MR) is 90.9 cm³/mol. The summed E-state index contributed by atoms with van der Waals surface area (Å²) in [5.74, 6) is -0.312. The van der Waals surface area contributed by atoms with Crippen molar-refractivity contribution in [2.75, 3.05) is 5.32 Å². The molecule has 4 rings (SSSR count). The second-order valence-corrected chi connectivity index (χ2v) is 6.41. The zero-order valence-corrected chi connectivity index (χ0v) is 13.0. The summed E-state index contributed by atoms with van der Waals surface area (Å²) in [6, 6.07) is 14.3. The molecule has 2 aliphatic rings. The molecule has 23 heavy (non-hydrogen) atoms. The highest BCUT2D eigenvalue weighted by Gasteiger charge is 2.40. The number of rotatable bonds is 2. The topological polar surface area (TPSA) is 49.3 Å². The largest absolute Gasteiger partial charge is 0.478 e. The number of hydrogen-bond acceptors (Lipinski definition) is 2. The molecule has 0 amide bonds. The summed E-state index contributed by atoms with van der Waals surface area (Å²) < 4.78 is 0. The summed E-state index contributed by atoms with van der Waals surface area (Å²) in [5.41, 5.74) is 4.72. The Balaban J connectivity index is 1.89. The fourth-order valence-corrected chi connectivity index (χ4v) is 4.03. The Morgan fingerprint density at radius 3 is 2.70 bits per heavy atom. The third-order valence-electron chi connectivity index (χ3n) is 5.12. The van der Waals surface area contributed by atoms with Gasteiger partial charge in [-0.1, -0.05) is 48.6 Å². The van der Waals surface area contributed by atoms with Crippen molar-refractivity contribution in [3.05, 3.63) is 76.9 Å². The molecule has 2 N–H and O–H groups in total. The van der Waals surface area contributed by atoms with Crippen LogP contribution in [-0.4, -0.2) is 11.1 Å². The van der Waals surface area contributed by atoms with E-state index in [9.17, 15) is 9.90 Å². The number of aryl methyl sites for hydroxylation is 1. The van der Waals surface area contributed by atoms with Crippen LogP contribution in [0.3, 0.4) is 0 Å². The Hall–Kier alpha value is -2.55. The van der Waals surface area contributed by atoms with E-state index in [0.29, 0.717) is 11.5 Å². The van der Waals surface area contributed by atoms with E-state index >= 15 is 0 Å². The van der Waals surface area contributed by atoms with Crippen molar-refractivity contribution < 1.29 is 9.90 Å². The summed E-state index contributed by atoms with van der Waals surface area (Å²) in [6.07, 6.45) is 5.35. The van der Waals surface area contributed by atoms with Crippen molar-refractivity contribution in [2.45, 2.75) is 25.3 Å². The van der Waals surface area contributed by atoms with E-state index in [4.69, 9.17) is 0 Å². The molecule has 3 heteroatoms. The zero-order chi connectivity index (χ0) is 16.0. The molecule has 0 radical (unpaired) electrons. The van der Waals surface area contributed by atoms with Gasteiger partial charge in [-0.25, -0.2) is 4.79 Å². The van der Waals surface area contributed by atoms with E-state index in [1.165, 1.54) is 5.56 Å². The molecule has 0 saturated carbocycles. The fourth-order valence-electron chi connectivity index (χ4n) is 4.03. The van der Waals surface area contributed by atoms with Crippen LogP contribution in [0, 0.1) is 12.8 Å². The molecule has 2 aromatic rings. The maximum Gasteiger partial charge on any atom is 0.336 e. The average molecular weight is 305 g/mol. The van der Waals surface area contributed by atoms with Gasteiger partial charge in [0, 0.05) is 11.6 Å². The lowest BCUT2D eigenvalue weighted by Gasteiger charge is -2.39. The summed E-state index contributed by atoms with van der Waals surface area (Å²) in [6.45, 7) is 2.04. The molecule has 116 valence electrons. The standard InChI is InChI=1S/C20H19NO2/c1-12-10-11-16(20(22)23)17-14-8-5-9-15(14)19(21-18(12)17)13-6-3-2-4-7-13/h2-8,10-11,14-15,19,21H,9H2,1H3,(H,22,23)/t14-,15-,19-/m1/s1. The van der Waals surface area contributed by atoms with Crippen molar-refractivity contribution >= 4 is 11.7 Å². The summed E-state index contributed by atoms with van der Waals surface area (Å²) >= 11 is 0. The Bertz CT molecular complexity index is 795. The van der Waals surface area contributed by atoms with E-state index in [1.807, 2.05) is 19.1 Å². The van der Waals surface area contributed by atoms with Crippen molar-refractivity contribution in [1.29, 1.82) is 0 Å². The lowest BCUT2D eigenvalue weighted by Crippen LogP contribution is -2.31. The van der Waals surface area contributed by atoms with Crippen LogP contribution in [-0.2, 0) is 0 Å². The van der Waals surface area contributed by atoms with Crippen LogP contribution in [0.25, 0.3) is 0 Å². The minimum Gasteiger partial charge on any atom is -0.478 e. The molecule has 0 saturated heterocycles. The molecular weight excluding hydrogens is 286 g/mol. The normalized spacial score (nSPS) is 24.7. The number of allylic oxidation sites excluding steroid dienone is 2. The fraction of sp³-hybridized carbons (Fsp3) is 0.250. The molecular formula is C20H19NO2. The van der Waals surface area contributed by atoms with E-state index in [2.05, 4.69) is 41.7 Å².